The van der Waals surface area contributed by atoms with E-state index in [0.717, 1.165) is 13.1 Å². The SMILES string of the molecule is CCN(CC)CCC(=O)Nc1cc(Nc2cc(-c3cc(Cl)ccc3F)nnc2O[C@H]2C[C@@H](CO)C2)ccn1. The number of nitrogens with zero attached hydrogens (tertiary/aromatic N) is 4. The minimum absolute atomic E-state index is 0.103. The number of benzene rings is 1. The summed E-state index contributed by atoms with van der Waals surface area (Å²) >= 11 is 6.09. The molecular formula is C27H32ClFN6O3. The molecule has 3 aromatic rings. The number of nitrogens with one attached hydrogen (secondary N) is 2. The number of halogens is 2. The van der Waals surface area contributed by atoms with Gasteiger partial charge in [0.1, 0.15) is 23.4 Å². The van der Waals surface area contributed by atoms with E-state index in [1.54, 1.807) is 24.4 Å². The van der Waals surface area contributed by atoms with Gasteiger partial charge in [0.05, 0.1) is 5.69 Å². The van der Waals surface area contributed by atoms with Crippen molar-refractivity contribution in [1.29, 1.82) is 0 Å². The number of hydrogen-bond acceptors (Lipinski definition) is 8. The predicted octanol–water partition coefficient (Wildman–Crippen LogP) is 4.89. The zero-order valence-corrected chi connectivity index (χ0v) is 22.2. The molecule has 3 N–H and O–H groups in total. The Bertz CT molecular complexity index is 1250. The first-order valence-corrected chi connectivity index (χ1v) is 13.1. The van der Waals surface area contributed by atoms with E-state index in [1.807, 2.05) is 0 Å². The molecule has 11 heteroatoms. The van der Waals surface area contributed by atoms with Crippen molar-refractivity contribution >= 4 is 34.7 Å². The van der Waals surface area contributed by atoms with Gasteiger partial charge in [0.25, 0.3) is 5.88 Å². The van der Waals surface area contributed by atoms with Gasteiger partial charge in [-0.1, -0.05) is 25.4 Å². The van der Waals surface area contributed by atoms with Gasteiger partial charge in [0, 0.05) is 48.1 Å². The minimum Gasteiger partial charge on any atom is -0.472 e. The summed E-state index contributed by atoms with van der Waals surface area (Å²) in [5.41, 5.74) is 1.57. The van der Waals surface area contributed by atoms with Crippen molar-refractivity contribution in [2.24, 2.45) is 5.92 Å². The van der Waals surface area contributed by atoms with E-state index in [4.69, 9.17) is 16.3 Å². The zero-order valence-electron chi connectivity index (χ0n) is 21.5. The summed E-state index contributed by atoms with van der Waals surface area (Å²) in [5, 5.41) is 24.2. The molecule has 1 saturated carbocycles. The Labute approximate surface area is 226 Å². The van der Waals surface area contributed by atoms with E-state index in [1.165, 1.54) is 18.2 Å². The minimum atomic E-state index is -0.480. The Morgan fingerprint density at radius 1 is 1.18 bits per heavy atom. The van der Waals surface area contributed by atoms with Crippen LogP contribution in [-0.4, -0.2) is 63.4 Å². The van der Waals surface area contributed by atoms with Crippen LogP contribution in [0.5, 0.6) is 5.88 Å². The lowest BCUT2D eigenvalue weighted by Gasteiger charge is -2.34. The number of hydrogen-bond donors (Lipinski definition) is 3. The van der Waals surface area contributed by atoms with Crippen molar-refractivity contribution in [2.45, 2.75) is 39.2 Å². The maximum atomic E-state index is 14.5. The van der Waals surface area contributed by atoms with Crippen molar-refractivity contribution in [1.82, 2.24) is 20.1 Å². The Morgan fingerprint density at radius 3 is 2.71 bits per heavy atom. The van der Waals surface area contributed by atoms with Crippen LogP contribution in [-0.2, 0) is 4.79 Å². The molecule has 2 aromatic heterocycles. The van der Waals surface area contributed by atoms with Crippen LogP contribution >= 0.6 is 11.6 Å². The lowest BCUT2D eigenvalue weighted by Crippen LogP contribution is -2.36. The van der Waals surface area contributed by atoms with Gasteiger partial charge in [-0.05, 0) is 62.2 Å². The van der Waals surface area contributed by atoms with Crippen LogP contribution in [0.1, 0.15) is 33.1 Å². The van der Waals surface area contributed by atoms with Crippen molar-refractivity contribution in [3.05, 3.63) is 53.4 Å². The highest BCUT2D eigenvalue weighted by atomic mass is 35.5. The lowest BCUT2D eigenvalue weighted by molar-refractivity contribution is -0.116. The number of carbonyl (C=O) groups excluding carboxylic acids is 1. The van der Waals surface area contributed by atoms with Gasteiger partial charge >= 0.3 is 0 Å². The molecule has 0 atom stereocenters. The second kappa shape index (κ2) is 12.9. The largest absolute Gasteiger partial charge is 0.472 e. The molecule has 1 amide bonds. The molecule has 1 aliphatic carbocycles. The van der Waals surface area contributed by atoms with Crippen molar-refractivity contribution < 1.29 is 19.0 Å². The summed E-state index contributed by atoms with van der Waals surface area (Å²) in [6.07, 6.45) is 3.25. The highest BCUT2D eigenvalue weighted by Crippen LogP contribution is 2.36. The van der Waals surface area contributed by atoms with Crippen LogP contribution in [0.25, 0.3) is 11.3 Å². The number of rotatable bonds is 12. The summed E-state index contributed by atoms with van der Waals surface area (Å²) in [4.78, 5) is 18.9. The molecule has 0 aliphatic heterocycles. The van der Waals surface area contributed by atoms with Crippen LogP contribution in [0.4, 0.5) is 21.6 Å². The number of carbonyl (C=O) groups is 1. The molecule has 0 bridgehead atoms. The molecule has 9 nitrogen and oxygen atoms in total. The second-order valence-electron chi connectivity index (χ2n) is 9.21. The quantitative estimate of drug-likeness (QED) is 0.296. The van der Waals surface area contributed by atoms with Crippen molar-refractivity contribution in [3.63, 3.8) is 0 Å². The monoisotopic (exact) mass is 542 g/mol. The summed E-state index contributed by atoms with van der Waals surface area (Å²) < 4.78 is 20.6. The number of ether oxygens (including phenoxy) is 1. The van der Waals surface area contributed by atoms with E-state index in [0.29, 0.717) is 48.0 Å². The first-order valence-electron chi connectivity index (χ1n) is 12.7. The van der Waals surface area contributed by atoms with Gasteiger partial charge in [-0.25, -0.2) is 9.37 Å². The Hall–Kier alpha value is -3.34. The van der Waals surface area contributed by atoms with Crippen LogP contribution in [0.15, 0.2) is 42.6 Å². The smallest absolute Gasteiger partial charge is 0.257 e. The van der Waals surface area contributed by atoms with Gasteiger partial charge in [-0.2, -0.15) is 0 Å². The molecule has 0 saturated heterocycles. The van der Waals surface area contributed by atoms with Gasteiger partial charge < -0.3 is 25.4 Å². The van der Waals surface area contributed by atoms with Gasteiger partial charge in [-0.3, -0.25) is 4.79 Å². The maximum absolute atomic E-state index is 14.5. The van der Waals surface area contributed by atoms with Crippen LogP contribution in [0, 0.1) is 11.7 Å². The number of aromatic nitrogens is 3. The van der Waals surface area contributed by atoms with E-state index in [2.05, 4.69) is 44.6 Å². The van der Waals surface area contributed by atoms with E-state index >= 15 is 0 Å². The van der Waals surface area contributed by atoms with E-state index < -0.39 is 5.82 Å². The topological polar surface area (TPSA) is 113 Å². The molecule has 1 aromatic carbocycles. The summed E-state index contributed by atoms with van der Waals surface area (Å²) in [6, 6.07) is 9.31. The molecule has 202 valence electrons. The Balaban J connectivity index is 1.54. The van der Waals surface area contributed by atoms with Gasteiger partial charge in [0.2, 0.25) is 5.91 Å². The fourth-order valence-corrected chi connectivity index (χ4v) is 4.37. The Kier molecular flexibility index (Phi) is 9.43. The number of aliphatic hydroxyl groups is 1. The van der Waals surface area contributed by atoms with E-state index in [9.17, 15) is 14.3 Å². The molecular weight excluding hydrogens is 511 g/mol. The van der Waals surface area contributed by atoms with Crippen LogP contribution < -0.4 is 15.4 Å². The first kappa shape index (κ1) is 27.7. The zero-order chi connectivity index (χ0) is 27.1. The molecule has 0 spiro atoms. The van der Waals surface area contributed by atoms with Gasteiger partial charge in [0.15, 0.2) is 0 Å². The summed E-state index contributed by atoms with van der Waals surface area (Å²) in [5.74, 6) is 0.247. The number of amides is 1. The fourth-order valence-electron chi connectivity index (χ4n) is 4.20. The summed E-state index contributed by atoms with van der Waals surface area (Å²) in [6.45, 7) is 6.67. The van der Waals surface area contributed by atoms with Crippen LogP contribution in [0.3, 0.4) is 0 Å². The third-order valence-electron chi connectivity index (χ3n) is 6.55. The highest BCUT2D eigenvalue weighted by molar-refractivity contribution is 6.30. The average molecular weight is 543 g/mol. The van der Waals surface area contributed by atoms with Crippen LogP contribution in [0.2, 0.25) is 5.02 Å². The predicted molar refractivity (Wildman–Crippen MR) is 145 cm³/mol. The standard InChI is InChI=1S/C27H32ClFN6O3/c1-3-35(4-2)10-8-26(37)32-25-14-19(7-9-30-25)31-24-15-23(21-13-18(28)5-6-22(21)29)33-34-27(24)38-20-11-17(12-20)16-36/h5-7,9,13-15,17,20,36H,3-4,8,10-12,16H2,1-2H3,(H2,30,31,32,33,37)/t17-,20+. The third-order valence-corrected chi connectivity index (χ3v) is 6.78. The molecule has 0 unspecified atom stereocenters. The second-order valence-corrected chi connectivity index (χ2v) is 9.65. The highest BCUT2D eigenvalue weighted by Gasteiger charge is 2.31. The molecule has 0 radical (unpaired) electrons. The molecule has 2 heterocycles. The fraction of sp³-hybridized carbons (Fsp3) is 0.407. The lowest BCUT2D eigenvalue weighted by atomic mass is 9.83. The number of pyridine rings is 1. The van der Waals surface area contributed by atoms with Gasteiger partial charge in [-0.15, -0.1) is 10.2 Å². The normalized spacial score (nSPS) is 16.7. The number of aliphatic hydroxyl groups excluding tert-OH is 1. The summed E-state index contributed by atoms with van der Waals surface area (Å²) in [7, 11) is 0. The first-order chi connectivity index (χ1) is 18.4. The number of anilines is 3. The van der Waals surface area contributed by atoms with E-state index in [-0.39, 0.29) is 41.7 Å². The third kappa shape index (κ3) is 7.15. The van der Waals surface area contributed by atoms with Crippen molar-refractivity contribution in [3.8, 4) is 17.1 Å². The molecule has 1 aliphatic rings. The molecule has 38 heavy (non-hydrogen) atoms. The molecule has 1 fully saturated rings. The average Bonchev–Trinajstić information content (AvgIpc) is 2.89. The molecule has 4 rings (SSSR count). The maximum Gasteiger partial charge on any atom is 0.257 e. The van der Waals surface area contributed by atoms with Crippen molar-refractivity contribution in [2.75, 3.05) is 36.9 Å². The Morgan fingerprint density at radius 2 is 1.97 bits per heavy atom.